The monoisotopic (exact) mass is 703 g/mol. The number of methoxy groups -OCH3 is 1. The number of hydrogen-bond acceptors (Lipinski definition) is 5. The molecule has 1 atom stereocenters. The van der Waals surface area contributed by atoms with Crippen molar-refractivity contribution < 1.29 is 22.7 Å². The van der Waals surface area contributed by atoms with E-state index in [1.165, 1.54) is 17.0 Å². The molecule has 0 aromatic heterocycles. The van der Waals surface area contributed by atoms with Crippen LogP contribution in [0.3, 0.4) is 0 Å². The molecule has 0 bridgehead atoms. The Kier molecular flexibility index (Phi) is 11.1. The van der Waals surface area contributed by atoms with Crippen molar-refractivity contribution in [2.75, 3.05) is 18.0 Å². The third-order valence-electron chi connectivity index (χ3n) is 8.17. The van der Waals surface area contributed by atoms with Crippen molar-refractivity contribution in [1.82, 2.24) is 10.2 Å². The highest BCUT2D eigenvalue weighted by atomic mass is 79.9. The van der Waals surface area contributed by atoms with Crippen molar-refractivity contribution >= 4 is 43.5 Å². The average Bonchev–Trinajstić information content (AvgIpc) is 3.59. The van der Waals surface area contributed by atoms with E-state index < -0.39 is 28.5 Å². The molecule has 1 unspecified atom stereocenters. The Morgan fingerprint density at radius 2 is 1.52 bits per heavy atom. The minimum atomic E-state index is -4.16. The van der Waals surface area contributed by atoms with Crippen LogP contribution in [0.5, 0.6) is 5.75 Å². The summed E-state index contributed by atoms with van der Waals surface area (Å²) >= 11 is 3.45. The van der Waals surface area contributed by atoms with E-state index in [4.69, 9.17) is 4.74 Å². The first kappa shape index (κ1) is 33.2. The number of halogens is 1. The Hall–Kier alpha value is -4.15. The van der Waals surface area contributed by atoms with E-state index in [9.17, 15) is 18.0 Å². The molecular weight excluding hydrogens is 666 g/mol. The highest BCUT2D eigenvalue weighted by Crippen LogP contribution is 2.28. The number of carbonyl (C=O) groups is 2. The number of hydrogen-bond donors (Lipinski definition) is 1. The number of nitrogens with zero attached hydrogens (tertiary/aromatic N) is 2. The van der Waals surface area contributed by atoms with Crippen LogP contribution in [0.25, 0.3) is 0 Å². The molecule has 0 heterocycles. The zero-order valence-electron chi connectivity index (χ0n) is 25.7. The highest BCUT2D eigenvalue weighted by molar-refractivity contribution is 9.10. The van der Waals surface area contributed by atoms with Gasteiger partial charge in [0.1, 0.15) is 18.3 Å². The van der Waals surface area contributed by atoms with Crippen molar-refractivity contribution in [1.29, 1.82) is 0 Å². The van der Waals surface area contributed by atoms with Gasteiger partial charge in [-0.2, -0.15) is 0 Å². The molecule has 1 fully saturated rings. The fourth-order valence-corrected chi connectivity index (χ4v) is 7.58. The molecule has 0 radical (unpaired) electrons. The zero-order chi connectivity index (χ0) is 32.5. The molecule has 46 heavy (non-hydrogen) atoms. The van der Waals surface area contributed by atoms with Gasteiger partial charge in [-0.25, -0.2) is 8.42 Å². The molecule has 1 saturated carbocycles. The van der Waals surface area contributed by atoms with Gasteiger partial charge in [-0.1, -0.05) is 95.5 Å². The minimum absolute atomic E-state index is 0.0381. The Morgan fingerprint density at radius 1 is 0.870 bits per heavy atom. The maximum absolute atomic E-state index is 14.6. The van der Waals surface area contributed by atoms with Crippen molar-refractivity contribution in [3.63, 3.8) is 0 Å². The second-order valence-corrected chi connectivity index (χ2v) is 14.2. The maximum atomic E-state index is 14.6. The number of ether oxygens (including phenoxy) is 1. The van der Waals surface area contributed by atoms with Gasteiger partial charge in [0.15, 0.2) is 0 Å². The molecule has 240 valence electrons. The van der Waals surface area contributed by atoms with Gasteiger partial charge in [0.2, 0.25) is 11.8 Å². The standard InChI is InChI=1S/C36H38BrN3O5S/c1-45-32-19-10-14-28(22-32)25-39(34(23-27-12-4-2-5-13-27)36(42)38-30-16-8-9-17-30)35(41)26-40(31-18-11-15-29(37)24-31)46(43,44)33-20-6-3-7-21-33/h2-7,10-15,18-22,24,30,34H,8-9,16-17,23,25-26H2,1H3,(H,38,42). The quantitative estimate of drug-likeness (QED) is 0.175. The zero-order valence-corrected chi connectivity index (χ0v) is 28.1. The molecule has 0 saturated heterocycles. The van der Waals surface area contributed by atoms with Crippen LogP contribution in [0, 0.1) is 0 Å². The lowest BCUT2D eigenvalue weighted by atomic mass is 10.0. The van der Waals surface area contributed by atoms with Crippen molar-refractivity contribution in [2.24, 2.45) is 0 Å². The third kappa shape index (κ3) is 8.35. The van der Waals surface area contributed by atoms with E-state index in [0.717, 1.165) is 41.1 Å². The lowest BCUT2D eigenvalue weighted by Gasteiger charge is -2.34. The molecule has 4 aromatic carbocycles. The SMILES string of the molecule is COc1cccc(CN(C(=O)CN(c2cccc(Br)c2)S(=O)(=O)c2ccccc2)C(Cc2ccccc2)C(=O)NC2CCCC2)c1. The number of sulfonamides is 1. The fourth-order valence-electron chi connectivity index (χ4n) is 5.77. The van der Waals surface area contributed by atoms with Gasteiger partial charge < -0.3 is 15.0 Å². The van der Waals surface area contributed by atoms with Crippen molar-refractivity contribution in [3.8, 4) is 5.75 Å². The fraction of sp³-hybridized carbons (Fsp3) is 0.278. The first-order valence-corrected chi connectivity index (χ1v) is 17.6. The van der Waals surface area contributed by atoms with E-state index >= 15 is 0 Å². The summed E-state index contributed by atoms with van der Waals surface area (Å²) in [6.45, 7) is -0.441. The van der Waals surface area contributed by atoms with Gasteiger partial charge in [-0.05, 0) is 66.4 Å². The summed E-state index contributed by atoms with van der Waals surface area (Å²) in [6.07, 6.45) is 4.12. The maximum Gasteiger partial charge on any atom is 0.264 e. The number of anilines is 1. The van der Waals surface area contributed by atoms with E-state index in [1.54, 1.807) is 49.6 Å². The third-order valence-corrected chi connectivity index (χ3v) is 10.4. The smallest absolute Gasteiger partial charge is 0.264 e. The minimum Gasteiger partial charge on any atom is -0.497 e. The van der Waals surface area contributed by atoms with Gasteiger partial charge in [0.05, 0.1) is 17.7 Å². The largest absolute Gasteiger partial charge is 0.497 e. The summed E-state index contributed by atoms with van der Waals surface area (Å²) < 4.78 is 35.4. The molecule has 1 N–H and O–H groups in total. The molecule has 10 heteroatoms. The summed E-state index contributed by atoms with van der Waals surface area (Å²) in [6, 6.07) is 30.9. The average molecular weight is 705 g/mol. The summed E-state index contributed by atoms with van der Waals surface area (Å²) in [4.78, 5) is 30.3. The van der Waals surface area contributed by atoms with E-state index in [0.29, 0.717) is 15.9 Å². The summed E-state index contributed by atoms with van der Waals surface area (Å²) in [5, 5.41) is 3.20. The van der Waals surface area contributed by atoms with E-state index in [-0.39, 0.29) is 29.8 Å². The van der Waals surface area contributed by atoms with Gasteiger partial charge in [-0.15, -0.1) is 0 Å². The summed E-state index contributed by atoms with van der Waals surface area (Å²) in [5.41, 5.74) is 1.96. The van der Waals surface area contributed by atoms with Gasteiger partial charge in [0, 0.05) is 23.5 Å². The molecular formula is C36H38BrN3O5S. The predicted molar refractivity (Wildman–Crippen MR) is 183 cm³/mol. The normalized spacial score (nSPS) is 14.0. The van der Waals surface area contributed by atoms with Crippen LogP contribution in [0.4, 0.5) is 5.69 Å². The lowest BCUT2D eigenvalue weighted by molar-refractivity contribution is -0.140. The molecule has 5 rings (SSSR count). The number of benzene rings is 4. The second-order valence-electron chi connectivity index (χ2n) is 11.4. The van der Waals surface area contributed by atoms with Crippen LogP contribution >= 0.6 is 15.9 Å². The molecule has 1 aliphatic carbocycles. The molecule has 1 aliphatic rings. The highest BCUT2D eigenvalue weighted by Gasteiger charge is 2.35. The summed E-state index contributed by atoms with van der Waals surface area (Å²) in [5.74, 6) is -0.154. The first-order chi connectivity index (χ1) is 22.2. The first-order valence-electron chi connectivity index (χ1n) is 15.3. The van der Waals surface area contributed by atoms with Gasteiger partial charge in [0.25, 0.3) is 10.0 Å². The van der Waals surface area contributed by atoms with Crippen LogP contribution in [-0.2, 0) is 32.6 Å². The number of carbonyl (C=O) groups excluding carboxylic acids is 2. The molecule has 0 spiro atoms. The van der Waals surface area contributed by atoms with Crippen LogP contribution in [0.2, 0.25) is 0 Å². The van der Waals surface area contributed by atoms with Crippen LogP contribution < -0.4 is 14.4 Å². The summed E-state index contributed by atoms with van der Waals surface area (Å²) in [7, 11) is -2.59. The van der Waals surface area contributed by atoms with Crippen LogP contribution in [0.1, 0.15) is 36.8 Å². The van der Waals surface area contributed by atoms with Crippen molar-refractivity contribution in [3.05, 3.63) is 125 Å². The lowest BCUT2D eigenvalue weighted by Crippen LogP contribution is -2.54. The molecule has 4 aromatic rings. The van der Waals surface area contributed by atoms with E-state index in [2.05, 4.69) is 21.2 Å². The van der Waals surface area contributed by atoms with Crippen LogP contribution in [-0.4, -0.2) is 50.9 Å². The second kappa shape index (κ2) is 15.4. The Balaban J connectivity index is 1.57. The topological polar surface area (TPSA) is 96.0 Å². The Labute approximate surface area is 279 Å². The number of nitrogens with one attached hydrogen (secondary N) is 1. The van der Waals surface area contributed by atoms with E-state index in [1.807, 2.05) is 54.6 Å². The van der Waals surface area contributed by atoms with Crippen molar-refractivity contribution in [2.45, 2.75) is 55.6 Å². The van der Waals surface area contributed by atoms with Gasteiger partial charge in [-0.3, -0.25) is 13.9 Å². The predicted octanol–water partition coefficient (Wildman–Crippen LogP) is 6.35. The molecule has 2 amide bonds. The number of amides is 2. The van der Waals surface area contributed by atoms with Gasteiger partial charge >= 0.3 is 0 Å². The Morgan fingerprint density at radius 3 is 2.20 bits per heavy atom. The molecule has 0 aliphatic heterocycles. The molecule has 8 nitrogen and oxygen atoms in total. The number of rotatable bonds is 13. The van der Waals surface area contributed by atoms with Crippen LogP contribution in [0.15, 0.2) is 119 Å². The Bertz CT molecular complexity index is 1730.